The molecule has 0 saturated carbocycles. The van der Waals surface area contributed by atoms with Crippen molar-refractivity contribution in [3.63, 3.8) is 0 Å². The summed E-state index contributed by atoms with van der Waals surface area (Å²) in [4.78, 5) is 12.8. The minimum Gasteiger partial charge on any atom is -0.370 e. The molecule has 1 aliphatic rings. The molecule has 8 heteroatoms. The van der Waals surface area contributed by atoms with E-state index < -0.39 is 14.8 Å². The molecule has 1 heterocycles. The third-order valence-electron chi connectivity index (χ3n) is 4.51. The third kappa shape index (κ3) is 3.71. The summed E-state index contributed by atoms with van der Waals surface area (Å²) in [5.74, 6) is 0. The van der Waals surface area contributed by atoms with Crippen molar-refractivity contribution < 1.29 is 18.1 Å². The van der Waals surface area contributed by atoms with Gasteiger partial charge in [-0.1, -0.05) is 24.3 Å². The third-order valence-corrected chi connectivity index (χ3v) is 5.62. The van der Waals surface area contributed by atoms with Crippen LogP contribution >= 0.6 is 0 Å². The summed E-state index contributed by atoms with van der Waals surface area (Å²) in [5, 5.41) is 11.5. The van der Waals surface area contributed by atoms with Crippen LogP contribution in [0, 0.1) is 17.0 Å². The number of sulfone groups is 1. The number of morpholine rings is 1. The van der Waals surface area contributed by atoms with Gasteiger partial charge in [0.25, 0.3) is 5.69 Å². The molecule has 2 aromatic carbocycles. The highest BCUT2D eigenvalue weighted by Gasteiger charge is 2.28. The minimum atomic E-state index is -3.51. The maximum absolute atomic E-state index is 11.7. The molecule has 1 unspecified atom stereocenters. The summed E-state index contributed by atoms with van der Waals surface area (Å²) < 4.78 is 29.3. The molecule has 0 radical (unpaired) electrons. The Bertz CT molecular complexity index is 942. The Morgan fingerprint density at radius 3 is 2.62 bits per heavy atom. The highest BCUT2D eigenvalue weighted by Crippen LogP contribution is 2.34. The van der Waals surface area contributed by atoms with E-state index in [1.807, 2.05) is 36.1 Å². The van der Waals surface area contributed by atoms with Crippen LogP contribution in [0.15, 0.2) is 47.4 Å². The van der Waals surface area contributed by atoms with Gasteiger partial charge in [-0.25, -0.2) is 8.42 Å². The molecule has 0 bridgehead atoms. The first-order valence-electron chi connectivity index (χ1n) is 8.18. The molecule has 3 rings (SSSR count). The number of aryl methyl sites for hydroxylation is 1. The van der Waals surface area contributed by atoms with Crippen molar-refractivity contribution in [2.75, 3.05) is 30.9 Å². The number of benzene rings is 2. The predicted octanol–water partition coefficient (Wildman–Crippen LogP) is 2.88. The highest BCUT2D eigenvalue weighted by molar-refractivity contribution is 7.90. The number of ether oxygens (including phenoxy) is 1. The van der Waals surface area contributed by atoms with Crippen molar-refractivity contribution in [1.29, 1.82) is 0 Å². The van der Waals surface area contributed by atoms with Crippen molar-refractivity contribution in [3.8, 4) is 0 Å². The van der Waals surface area contributed by atoms with Gasteiger partial charge >= 0.3 is 0 Å². The van der Waals surface area contributed by atoms with E-state index in [1.165, 1.54) is 12.1 Å². The normalized spacial score (nSPS) is 17.9. The SMILES string of the molecule is Cc1ccccc1C1CN(c2ccc(S(C)(=O)=O)cc2[N+](=O)[O-])CCO1. The topological polar surface area (TPSA) is 89.8 Å². The molecule has 0 aromatic heterocycles. The lowest BCUT2D eigenvalue weighted by Crippen LogP contribution is -2.38. The van der Waals surface area contributed by atoms with Gasteiger partial charge in [-0.05, 0) is 30.2 Å². The molecule has 2 aromatic rings. The van der Waals surface area contributed by atoms with Crippen molar-refractivity contribution >= 4 is 21.2 Å². The highest BCUT2D eigenvalue weighted by atomic mass is 32.2. The molecule has 1 fully saturated rings. The van der Waals surface area contributed by atoms with Crippen molar-refractivity contribution in [1.82, 2.24) is 0 Å². The van der Waals surface area contributed by atoms with Crippen LogP contribution in [0.4, 0.5) is 11.4 Å². The maximum Gasteiger partial charge on any atom is 0.293 e. The minimum absolute atomic E-state index is 0.0586. The fourth-order valence-electron chi connectivity index (χ4n) is 3.15. The molecule has 0 N–H and O–H groups in total. The first-order chi connectivity index (χ1) is 12.3. The number of hydrogen-bond acceptors (Lipinski definition) is 6. The molecule has 26 heavy (non-hydrogen) atoms. The van der Waals surface area contributed by atoms with Crippen molar-refractivity contribution in [2.24, 2.45) is 0 Å². The first kappa shape index (κ1) is 18.3. The van der Waals surface area contributed by atoms with Gasteiger partial charge in [-0.15, -0.1) is 0 Å². The molecule has 0 amide bonds. The van der Waals surface area contributed by atoms with Crippen LogP contribution in [-0.4, -0.2) is 39.3 Å². The van der Waals surface area contributed by atoms with Gasteiger partial charge in [0.05, 0.1) is 16.4 Å². The fraction of sp³-hybridized carbons (Fsp3) is 0.333. The number of hydrogen-bond donors (Lipinski definition) is 0. The summed E-state index contributed by atoms with van der Waals surface area (Å²) in [5.41, 5.74) is 2.34. The van der Waals surface area contributed by atoms with Gasteiger partial charge in [0, 0.05) is 25.4 Å². The Morgan fingerprint density at radius 2 is 1.96 bits per heavy atom. The Labute approximate surface area is 152 Å². The van der Waals surface area contributed by atoms with E-state index in [0.717, 1.165) is 23.4 Å². The maximum atomic E-state index is 11.7. The van der Waals surface area contributed by atoms with Crippen LogP contribution in [0.3, 0.4) is 0 Å². The first-order valence-corrected chi connectivity index (χ1v) is 10.1. The van der Waals surface area contributed by atoms with E-state index in [4.69, 9.17) is 4.74 Å². The van der Waals surface area contributed by atoms with Gasteiger partial charge in [-0.3, -0.25) is 10.1 Å². The van der Waals surface area contributed by atoms with Crippen LogP contribution in [-0.2, 0) is 14.6 Å². The zero-order chi connectivity index (χ0) is 18.9. The zero-order valence-electron chi connectivity index (χ0n) is 14.6. The summed E-state index contributed by atoms with van der Waals surface area (Å²) in [6.45, 7) is 3.40. The van der Waals surface area contributed by atoms with Crippen LogP contribution < -0.4 is 4.90 Å². The van der Waals surface area contributed by atoms with Gasteiger partial charge in [0.2, 0.25) is 0 Å². The summed E-state index contributed by atoms with van der Waals surface area (Å²) in [7, 11) is -3.51. The number of nitro groups is 1. The van der Waals surface area contributed by atoms with Crippen molar-refractivity contribution in [2.45, 2.75) is 17.9 Å². The van der Waals surface area contributed by atoms with E-state index in [9.17, 15) is 18.5 Å². The average Bonchev–Trinajstić information content (AvgIpc) is 2.61. The molecule has 0 spiro atoms. The quantitative estimate of drug-likeness (QED) is 0.602. The Hall–Kier alpha value is -2.45. The van der Waals surface area contributed by atoms with E-state index in [-0.39, 0.29) is 16.7 Å². The fourth-order valence-corrected chi connectivity index (χ4v) is 3.79. The number of rotatable bonds is 4. The molecular weight excluding hydrogens is 356 g/mol. The molecule has 1 aliphatic heterocycles. The molecule has 138 valence electrons. The number of anilines is 1. The second-order valence-corrected chi connectivity index (χ2v) is 8.36. The van der Waals surface area contributed by atoms with E-state index >= 15 is 0 Å². The Kier molecular flexibility index (Phi) is 4.97. The van der Waals surface area contributed by atoms with Crippen LogP contribution in [0.5, 0.6) is 0 Å². The largest absolute Gasteiger partial charge is 0.370 e. The van der Waals surface area contributed by atoms with Gasteiger partial charge in [0.1, 0.15) is 11.8 Å². The second kappa shape index (κ2) is 7.05. The predicted molar refractivity (Wildman–Crippen MR) is 98.3 cm³/mol. The lowest BCUT2D eigenvalue weighted by Gasteiger charge is -2.35. The second-order valence-electron chi connectivity index (χ2n) is 6.34. The summed E-state index contributed by atoms with van der Waals surface area (Å²) in [6, 6.07) is 11.9. The summed E-state index contributed by atoms with van der Waals surface area (Å²) in [6.07, 6.45) is 0.841. The average molecular weight is 376 g/mol. The molecule has 1 atom stereocenters. The lowest BCUT2D eigenvalue weighted by atomic mass is 10.0. The molecule has 7 nitrogen and oxygen atoms in total. The Balaban J connectivity index is 1.96. The van der Waals surface area contributed by atoms with E-state index in [2.05, 4.69) is 0 Å². The van der Waals surface area contributed by atoms with Crippen molar-refractivity contribution in [3.05, 3.63) is 63.7 Å². The van der Waals surface area contributed by atoms with Crippen LogP contribution in [0.2, 0.25) is 0 Å². The molecule has 1 saturated heterocycles. The smallest absolute Gasteiger partial charge is 0.293 e. The zero-order valence-corrected chi connectivity index (χ0v) is 15.4. The van der Waals surface area contributed by atoms with E-state index in [0.29, 0.717) is 25.4 Å². The summed E-state index contributed by atoms with van der Waals surface area (Å²) >= 11 is 0. The lowest BCUT2D eigenvalue weighted by molar-refractivity contribution is -0.384. The van der Waals surface area contributed by atoms with E-state index in [1.54, 1.807) is 0 Å². The van der Waals surface area contributed by atoms with Gasteiger partial charge in [-0.2, -0.15) is 0 Å². The standard InChI is InChI=1S/C18H20N2O5S/c1-13-5-3-4-6-15(13)18-12-19(9-10-25-18)16-8-7-14(26(2,23)24)11-17(16)20(21)22/h3-8,11,18H,9-10,12H2,1-2H3. The Morgan fingerprint density at radius 1 is 1.23 bits per heavy atom. The number of nitrogens with zero attached hydrogens (tertiary/aromatic N) is 2. The molecule has 0 aliphatic carbocycles. The monoisotopic (exact) mass is 376 g/mol. The van der Waals surface area contributed by atoms with Gasteiger partial charge < -0.3 is 9.64 Å². The van der Waals surface area contributed by atoms with Gasteiger partial charge in [0.15, 0.2) is 9.84 Å². The number of nitro benzene ring substituents is 1. The van der Waals surface area contributed by atoms with Crippen LogP contribution in [0.1, 0.15) is 17.2 Å². The van der Waals surface area contributed by atoms with Crippen LogP contribution in [0.25, 0.3) is 0 Å². The molecular formula is C18H20N2O5S.